The highest BCUT2D eigenvalue weighted by Gasteiger charge is 2.36. The van der Waals surface area contributed by atoms with Gasteiger partial charge in [0.2, 0.25) is 29.4 Å². The molecule has 0 saturated heterocycles. The largest absolute Gasteiger partial charge is 0.494 e. The molecule has 1 fully saturated rings. The lowest BCUT2D eigenvalue weighted by Gasteiger charge is -2.31. The maximum atomic E-state index is 14.2. The molecule has 1 aliphatic heterocycles. The predicted octanol–water partition coefficient (Wildman–Crippen LogP) is 4.29. The van der Waals surface area contributed by atoms with E-state index < -0.39 is 71.7 Å². The summed E-state index contributed by atoms with van der Waals surface area (Å²) in [4.78, 5) is 94.4. The normalized spacial score (nSPS) is 19.5. The van der Waals surface area contributed by atoms with Gasteiger partial charge in [-0.1, -0.05) is 81.5 Å². The fraction of sp³-hybridized carbons (Fsp3) is 0.568. The Labute approximate surface area is 341 Å². The molecule has 2 aromatic rings. The van der Waals surface area contributed by atoms with Crippen molar-refractivity contribution < 1.29 is 43.0 Å². The first-order chi connectivity index (χ1) is 27.7. The number of rotatable bonds is 13. The van der Waals surface area contributed by atoms with Gasteiger partial charge in [0.1, 0.15) is 23.4 Å². The number of hydrogen-bond donors (Lipinski definition) is 5. The summed E-state index contributed by atoms with van der Waals surface area (Å²) in [6, 6.07) is 11.3. The number of Topliss-reactive ketones (excluding diaryl/α,β-unsaturated/α-hetero) is 1. The third kappa shape index (κ3) is 14.9. The van der Waals surface area contributed by atoms with Crippen molar-refractivity contribution in [3.63, 3.8) is 0 Å². The van der Waals surface area contributed by atoms with Crippen LogP contribution in [-0.4, -0.2) is 78.2 Å². The molecule has 14 nitrogen and oxygen atoms in total. The van der Waals surface area contributed by atoms with E-state index >= 15 is 0 Å². The van der Waals surface area contributed by atoms with Crippen LogP contribution in [0.5, 0.6) is 5.75 Å². The van der Waals surface area contributed by atoms with E-state index in [1.54, 1.807) is 57.2 Å². The van der Waals surface area contributed by atoms with Crippen LogP contribution < -0.4 is 31.3 Å². The Morgan fingerprint density at radius 1 is 0.879 bits per heavy atom. The lowest BCUT2D eigenvalue weighted by molar-refractivity contribution is -0.158. The molecule has 2 unspecified atom stereocenters. The van der Waals surface area contributed by atoms with Crippen molar-refractivity contribution in [1.29, 1.82) is 0 Å². The van der Waals surface area contributed by atoms with E-state index in [0.29, 0.717) is 42.7 Å². The molecule has 316 valence electrons. The van der Waals surface area contributed by atoms with Crippen molar-refractivity contribution in [2.45, 2.75) is 141 Å². The maximum Gasteiger partial charge on any atom is 0.333 e. The molecule has 2 aliphatic rings. The Bertz CT molecular complexity index is 1720. The summed E-state index contributed by atoms with van der Waals surface area (Å²) in [6.07, 6.45) is 8.22. The van der Waals surface area contributed by atoms with Gasteiger partial charge >= 0.3 is 5.97 Å². The van der Waals surface area contributed by atoms with E-state index in [4.69, 9.17) is 9.47 Å². The summed E-state index contributed by atoms with van der Waals surface area (Å²) in [6.45, 7) is 6.84. The monoisotopic (exact) mass is 803 g/mol. The van der Waals surface area contributed by atoms with E-state index in [2.05, 4.69) is 26.6 Å². The third-order valence-corrected chi connectivity index (χ3v) is 10.2. The van der Waals surface area contributed by atoms with Crippen molar-refractivity contribution in [3.8, 4) is 5.75 Å². The van der Waals surface area contributed by atoms with Gasteiger partial charge in [0.25, 0.3) is 5.91 Å². The molecule has 0 radical (unpaired) electrons. The number of esters is 1. The summed E-state index contributed by atoms with van der Waals surface area (Å²) in [5, 5.41) is 13.5. The number of benzene rings is 2. The number of amides is 5. The zero-order valence-electron chi connectivity index (χ0n) is 34.4. The molecule has 1 aliphatic carbocycles. The molecule has 0 aromatic heterocycles. The van der Waals surface area contributed by atoms with Gasteiger partial charge in [-0.05, 0) is 88.5 Å². The summed E-state index contributed by atoms with van der Waals surface area (Å²) in [5.74, 6) is -4.39. The molecule has 5 amide bonds. The quantitative estimate of drug-likeness (QED) is 0.145. The second kappa shape index (κ2) is 22.6. The average Bonchev–Trinajstić information content (AvgIpc) is 3.20. The second-order valence-electron chi connectivity index (χ2n) is 16.2. The lowest BCUT2D eigenvalue weighted by Crippen LogP contribution is -2.59. The summed E-state index contributed by atoms with van der Waals surface area (Å²) in [7, 11) is 0. The molecular weight excluding hydrogens is 743 g/mol. The molecule has 2 aromatic carbocycles. The van der Waals surface area contributed by atoms with Crippen LogP contribution in [0.1, 0.15) is 122 Å². The number of carbonyl (C=O) groups is 7. The van der Waals surface area contributed by atoms with E-state index in [1.807, 2.05) is 25.1 Å². The minimum atomic E-state index is -1.27. The Kier molecular flexibility index (Phi) is 17.7. The summed E-state index contributed by atoms with van der Waals surface area (Å²) in [5.41, 5.74) is 0.341. The van der Waals surface area contributed by atoms with Gasteiger partial charge in [-0.25, -0.2) is 4.79 Å². The average molecular weight is 804 g/mol. The number of fused-ring (bicyclic) bond motifs is 2. The maximum absolute atomic E-state index is 14.2. The molecule has 1 saturated carbocycles. The molecular formula is C44H61N5O9. The Morgan fingerprint density at radius 3 is 2.31 bits per heavy atom. The van der Waals surface area contributed by atoms with Gasteiger partial charge in [-0.3, -0.25) is 28.8 Å². The molecule has 4 rings (SSSR count). The predicted molar refractivity (Wildman–Crippen MR) is 217 cm³/mol. The van der Waals surface area contributed by atoms with Gasteiger partial charge < -0.3 is 36.1 Å². The first-order valence-corrected chi connectivity index (χ1v) is 20.7. The molecule has 4 atom stereocenters. The highest BCUT2D eigenvalue weighted by atomic mass is 16.6. The van der Waals surface area contributed by atoms with Crippen LogP contribution in [0.4, 0.5) is 0 Å². The minimum Gasteiger partial charge on any atom is -0.494 e. The van der Waals surface area contributed by atoms with Crippen LogP contribution in [0.2, 0.25) is 0 Å². The number of ketones is 1. The van der Waals surface area contributed by atoms with Crippen molar-refractivity contribution in [1.82, 2.24) is 26.6 Å². The lowest BCUT2D eigenvalue weighted by atomic mass is 9.83. The third-order valence-electron chi connectivity index (χ3n) is 10.2. The smallest absolute Gasteiger partial charge is 0.333 e. The Morgan fingerprint density at radius 2 is 1.60 bits per heavy atom. The minimum absolute atomic E-state index is 0.0430. The van der Waals surface area contributed by atoms with Gasteiger partial charge in [0, 0.05) is 12.8 Å². The first-order valence-electron chi connectivity index (χ1n) is 20.7. The number of hydrogen-bond acceptors (Lipinski definition) is 9. The molecule has 14 heteroatoms. The van der Waals surface area contributed by atoms with Crippen LogP contribution in [0.25, 0.3) is 0 Å². The second-order valence-corrected chi connectivity index (χ2v) is 16.2. The topological polar surface area (TPSA) is 198 Å². The van der Waals surface area contributed by atoms with Crippen LogP contribution in [0, 0.1) is 5.92 Å². The van der Waals surface area contributed by atoms with Crippen LogP contribution in [0.3, 0.4) is 0 Å². The van der Waals surface area contributed by atoms with E-state index in [0.717, 1.165) is 44.9 Å². The first kappa shape index (κ1) is 45.4. The van der Waals surface area contributed by atoms with Crippen molar-refractivity contribution in [3.05, 3.63) is 65.7 Å². The number of carbonyl (C=O) groups excluding carboxylic acids is 7. The van der Waals surface area contributed by atoms with Gasteiger partial charge in [0.05, 0.1) is 19.2 Å². The van der Waals surface area contributed by atoms with Gasteiger partial charge in [-0.15, -0.1) is 0 Å². The molecule has 0 spiro atoms. The number of nitrogens with one attached hydrogen (secondary N) is 5. The fourth-order valence-corrected chi connectivity index (χ4v) is 7.19. The van der Waals surface area contributed by atoms with Crippen molar-refractivity contribution in [2.24, 2.45) is 5.92 Å². The van der Waals surface area contributed by atoms with Gasteiger partial charge in [-0.2, -0.15) is 0 Å². The number of unbranched alkanes of at least 4 members (excludes halogenated alkanes) is 1. The standard InChI is InChI=1S/C44H61N5O9/c1-5-6-23-33(39(52)42(55)45-28-36(51)49-38(31-20-12-8-13-21-31)43(56)58-44(2,3)4)46-40(53)34-27-29-17-16-22-32(26-29)57-25-15-9-14-24-35(50)48-37(41(54)47-34)30-18-10-7-11-19-30/h8,12-13,16-17,20-22,26,30,33-34,37-38H,5-7,9-11,14-15,18-19,23-25,27-28H2,1-4H3,(H,45,55)(H,46,53)(H,47,54)(H,48,50)(H,49,51)/t33?,34?,37-,38-/m0/s1. The van der Waals surface area contributed by atoms with Gasteiger partial charge in [0.15, 0.2) is 6.04 Å². The summed E-state index contributed by atoms with van der Waals surface area (Å²) >= 11 is 0. The SMILES string of the molecule is CCCCC(NC(=O)C1Cc2cccc(c2)OCCCCCC(=O)N[C@@H](C2CCCCC2)C(=O)N1)C(=O)C(=O)NCC(=O)N[C@H](C(=O)OC(C)(C)C)c1ccccc1. The fourth-order valence-electron chi connectivity index (χ4n) is 7.19. The highest BCUT2D eigenvalue weighted by Crippen LogP contribution is 2.27. The van der Waals surface area contributed by atoms with E-state index in [1.165, 1.54) is 0 Å². The molecule has 5 N–H and O–H groups in total. The Hall–Kier alpha value is -5.27. The number of ether oxygens (including phenoxy) is 2. The van der Waals surface area contributed by atoms with E-state index in [9.17, 15) is 33.6 Å². The zero-order valence-corrected chi connectivity index (χ0v) is 34.4. The summed E-state index contributed by atoms with van der Waals surface area (Å²) < 4.78 is 11.4. The molecule has 58 heavy (non-hydrogen) atoms. The molecule has 1 heterocycles. The van der Waals surface area contributed by atoms with Crippen LogP contribution in [0.15, 0.2) is 54.6 Å². The van der Waals surface area contributed by atoms with E-state index in [-0.39, 0.29) is 31.1 Å². The highest BCUT2D eigenvalue weighted by molar-refractivity contribution is 6.38. The molecule has 2 bridgehead atoms. The Balaban J connectivity index is 1.51. The van der Waals surface area contributed by atoms with Crippen molar-refractivity contribution in [2.75, 3.05) is 13.2 Å². The zero-order chi connectivity index (χ0) is 42.1. The van der Waals surface area contributed by atoms with Crippen LogP contribution in [-0.2, 0) is 44.7 Å². The van der Waals surface area contributed by atoms with Crippen molar-refractivity contribution >= 4 is 41.3 Å². The van der Waals surface area contributed by atoms with Crippen LogP contribution >= 0.6 is 0 Å².